The zero-order chi connectivity index (χ0) is 16.3. The molecule has 0 amide bonds. The van der Waals surface area contributed by atoms with Gasteiger partial charge in [-0.15, -0.1) is 6.58 Å². The van der Waals surface area contributed by atoms with Crippen molar-refractivity contribution in [3.63, 3.8) is 0 Å². The van der Waals surface area contributed by atoms with Crippen LogP contribution in [0.5, 0.6) is 5.88 Å². The first-order chi connectivity index (χ1) is 10.3. The van der Waals surface area contributed by atoms with Gasteiger partial charge in [-0.25, -0.2) is 13.2 Å². The molecule has 118 valence electrons. The van der Waals surface area contributed by atoms with E-state index in [1.165, 1.54) is 13.0 Å². The Morgan fingerprint density at radius 2 is 2.23 bits per heavy atom. The van der Waals surface area contributed by atoms with E-state index in [2.05, 4.69) is 6.58 Å². The average molecular weight is 323 g/mol. The highest BCUT2D eigenvalue weighted by Crippen LogP contribution is 2.26. The van der Waals surface area contributed by atoms with Crippen LogP contribution in [-0.2, 0) is 20.4 Å². The predicted molar refractivity (Wildman–Crippen MR) is 82.4 cm³/mol. The number of fused-ring (bicyclic) bond motifs is 1. The Hall–Kier alpha value is -2.12. The molecule has 0 aromatic carbocycles. The molecule has 0 spiro atoms. The molecule has 2 rings (SSSR count). The molecule has 0 saturated carbocycles. The Balaban J connectivity index is 2.48. The van der Waals surface area contributed by atoms with Gasteiger partial charge < -0.3 is 9.84 Å². The first-order valence-electron chi connectivity index (χ1n) is 6.64. The van der Waals surface area contributed by atoms with Gasteiger partial charge in [0.1, 0.15) is 6.10 Å². The van der Waals surface area contributed by atoms with Gasteiger partial charge in [0.05, 0.1) is 11.5 Å². The lowest BCUT2D eigenvalue weighted by molar-refractivity contribution is -0.143. The average Bonchev–Trinajstić information content (AvgIpc) is 2.75. The van der Waals surface area contributed by atoms with Gasteiger partial charge in [0.2, 0.25) is 5.88 Å². The van der Waals surface area contributed by atoms with E-state index in [9.17, 15) is 18.3 Å². The molecular formula is C15H17NO5S. The van der Waals surface area contributed by atoms with Crippen molar-refractivity contribution >= 4 is 21.3 Å². The van der Waals surface area contributed by atoms with Gasteiger partial charge in [-0.3, -0.25) is 4.40 Å². The molecule has 0 aliphatic rings. The number of esters is 1. The second-order valence-electron chi connectivity index (χ2n) is 4.91. The maximum atomic E-state index is 12.0. The number of carbonyl (C=O) groups is 1. The molecule has 2 aromatic heterocycles. The van der Waals surface area contributed by atoms with E-state index in [-0.39, 0.29) is 17.4 Å². The molecule has 7 heteroatoms. The zero-order valence-corrected chi connectivity index (χ0v) is 12.9. The topological polar surface area (TPSA) is 85.1 Å². The van der Waals surface area contributed by atoms with Gasteiger partial charge in [0.15, 0.2) is 9.84 Å². The van der Waals surface area contributed by atoms with Crippen LogP contribution in [0.25, 0.3) is 5.52 Å². The minimum Gasteiger partial charge on any atom is -0.407 e. The summed E-state index contributed by atoms with van der Waals surface area (Å²) in [5.74, 6) is -1.17. The summed E-state index contributed by atoms with van der Waals surface area (Å²) in [6.07, 6.45) is 1.67. The van der Waals surface area contributed by atoms with Gasteiger partial charge in [-0.2, -0.15) is 0 Å². The summed E-state index contributed by atoms with van der Waals surface area (Å²) in [4.78, 5) is 11.6. The highest BCUT2D eigenvalue weighted by molar-refractivity contribution is 7.90. The summed E-state index contributed by atoms with van der Waals surface area (Å²) in [5, 5.41) is 9.28. The number of nitrogens with zero attached hydrogens (tertiary/aromatic N) is 1. The highest BCUT2D eigenvalue weighted by Gasteiger charge is 2.21. The van der Waals surface area contributed by atoms with Crippen LogP contribution < -0.4 is 4.74 Å². The Kier molecular flexibility index (Phi) is 4.68. The zero-order valence-electron chi connectivity index (χ0n) is 12.1. The van der Waals surface area contributed by atoms with E-state index in [4.69, 9.17) is 4.74 Å². The number of hydrogen-bond donors (Lipinski definition) is 1. The van der Waals surface area contributed by atoms with Crippen molar-refractivity contribution in [2.45, 2.75) is 18.8 Å². The molecule has 0 aliphatic carbocycles. The number of aromatic nitrogens is 1. The number of hydrogen-bond acceptors (Lipinski definition) is 5. The SMILES string of the molecule is C=CCS(=O)(=O)Cc1cc2ccccn2c1OC(=O)C(C)O. The number of carbonyl (C=O) groups excluding carboxylic acids is 1. The van der Waals surface area contributed by atoms with Gasteiger partial charge in [0.25, 0.3) is 0 Å². The largest absolute Gasteiger partial charge is 0.407 e. The van der Waals surface area contributed by atoms with Crippen LogP contribution in [0, 0.1) is 0 Å². The van der Waals surface area contributed by atoms with Gasteiger partial charge >= 0.3 is 5.97 Å². The summed E-state index contributed by atoms with van der Waals surface area (Å²) in [6.45, 7) is 4.71. The molecule has 0 aliphatic heterocycles. The normalized spacial score (nSPS) is 13.0. The number of aliphatic hydroxyl groups is 1. The molecular weight excluding hydrogens is 306 g/mol. The van der Waals surface area contributed by atoms with Crippen LogP contribution in [0.15, 0.2) is 43.1 Å². The second kappa shape index (κ2) is 6.33. The summed E-state index contributed by atoms with van der Waals surface area (Å²) in [6, 6.07) is 6.93. The van der Waals surface area contributed by atoms with Crippen LogP contribution >= 0.6 is 0 Å². The number of ether oxygens (including phenoxy) is 1. The Bertz CT molecular complexity index is 804. The van der Waals surface area contributed by atoms with Gasteiger partial charge in [0, 0.05) is 17.3 Å². The minimum atomic E-state index is -3.40. The first kappa shape index (κ1) is 16.3. The molecule has 0 saturated heterocycles. The van der Waals surface area contributed by atoms with Crippen molar-refractivity contribution < 1.29 is 23.1 Å². The third kappa shape index (κ3) is 3.55. The van der Waals surface area contributed by atoms with E-state index >= 15 is 0 Å². The highest BCUT2D eigenvalue weighted by atomic mass is 32.2. The molecule has 0 radical (unpaired) electrons. The van der Waals surface area contributed by atoms with E-state index < -0.39 is 21.9 Å². The maximum absolute atomic E-state index is 12.0. The van der Waals surface area contributed by atoms with Crippen molar-refractivity contribution in [3.05, 3.63) is 48.7 Å². The lowest BCUT2D eigenvalue weighted by atomic mass is 10.3. The van der Waals surface area contributed by atoms with Crippen LogP contribution in [0.4, 0.5) is 0 Å². The summed E-state index contributed by atoms with van der Waals surface area (Å²) >= 11 is 0. The predicted octanol–water partition coefficient (Wildman–Crippen LogP) is 1.33. The molecule has 2 aromatic rings. The molecule has 1 atom stereocenters. The summed E-state index contributed by atoms with van der Waals surface area (Å²) in [5.41, 5.74) is 1.06. The molecule has 0 fully saturated rings. The second-order valence-corrected chi connectivity index (χ2v) is 7.02. The van der Waals surface area contributed by atoms with Crippen LogP contribution in [0.1, 0.15) is 12.5 Å². The van der Waals surface area contributed by atoms with Crippen LogP contribution in [-0.4, -0.2) is 35.8 Å². The van der Waals surface area contributed by atoms with E-state index in [0.29, 0.717) is 11.1 Å². The molecule has 22 heavy (non-hydrogen) atoms. The van der Waals surface area contributed by atoms with Crippen molar-refractivity contribution in [1.82, 2.24) is 4.40 Å². The Morgan fingerprint density at radius 1 is 1.50 bits per heavy atom. The van der Waals surface area contributed by atoms with Crippen molar-refractivity contribution in [1.29, 1.82) is 0 Å². The standard InChI is InChI=1S/C15H17NO5S/c1-3-8-22(19,20)10-12-9-13-6-4-5-7-16(13)14(12)21-15(18)11(2)17/h3-7,9,11,17H,1,8,10H2,2H3. The van der Waals surface area contributed by atoms with Crippen LogP contribution in [0.2, 0.25) is 0 Å². The van der Waals surface area contributed by atoms with E-state index in [1.807, 2.05) is 0 Å². The first-order valence-corrected chi connectivity index (χ1v) is 8.46. The third-order valence-electron chi connectivity index (χ3n) is 2.99. The Labute approximate surface area is 128 Å². The third-order valence-corrected chi connectivity index (χ3v) is 4.49. The van der Waals surface area contributed by atoms with Crippen molar-refractivity contribution in [2.24, 2.45) is 0 Å². The quantitative estimate of drug-likeness (QED) is 0.640. The minimum absolute atomic E-state index is 0.106. The summed E-state index contributed by atoms with van der Waals surface area (Å²) < 4.78 is 30.7. The monoisotopic (exact) mass is 323 g/mol. The van der Waals surface area contributed by atoms with Crippen LogP contribution in [0.3, 0.4) is 0 Å². The lowest BCUT2D eigenvalue weighted by Gasteiger charge is -2.09. The van der Waals surface area contributed by atoms with Crippen molar-refractivity contribution in [2.75, 3.05) is 5.75 Å². The smallest absolute Gasteiger partial charge is 0.341 e. The van der Waals surface area contributed by atoms with Gasteiger partial charge in [-0.1, -0.05) is 12.1 Å². The van der Waals surface area contributed by atoms with E-state index in [1.54, 1.807) is 34.9 Å². The number of rotatable bonds is 6. The lowest BCUT2D eigenvalue weighted by Crippen LogP contribution is -2.23. The Morgan fingerprint density at radius 3 is 2.86 bits per heavy atom. The van der Waals surface area contributed by atoms with E-state index in [0.717, 1.165) is 0 Å². The fourth-order valence-electron chi connectivity index (χ4n) is 2.03. The molecule has 2 heterocycles. The number of pyridine rings is 1. The maximum Gasteiger partial charge on any atom is 0.341 e. The van der Waals surface area contributed by atoms with Gasteiger partial charge in [-0.05, 0) is 25.1 Å². The molecule has 0 bridgehead atoms. The fraction of sp³-hybridized carbons (Fsp3) is 0.267. The molecule has 1 N–H and O–H groups in total. The summed E-state index contributed by atoms with van der Waals surface area (Å²) in [7, 11) is -3.40. The molecule has 1 unspecified atom stereocenters. The number of aliphatic hydroxyl groups excluding tert-OH is 1. The van der Waals surface area contributed by atoms with Crippen molar-refractivity contribution in [3.8, 4) is 5.88 Å². The molecule has 6 nitrogen and oxygen atoms in total. The fourth-order valence-corrected chi connectivity index (χ4v) is 3.19. The number of sulfone groups is 1.